The van der Waals surface area contributed by atoms with Gasteiger partial charge in [0.25, 0.3) is 0 Å². The molecule has 0 radical (unpaired) electrons. The van der Waals surface area contributed by atoms with Crippen molar-refractivity contribution in [2.24, 2.45) is 5.92 Å². The number of pyridine rings is 1. The Balaban J connectivity index is 1.30. The van der Waals surface area contributed by atoms with Gasteiger partial charge in [-0.3, -0.25) is 19.5 Å². The predicted octanol–water partition coefficient (Wildman–Crippen LogP) is 4.96. The van der Waals surface area contributed by atoms with Gasteiger partial charge < -0.3 is 10.6 Å². The van der Waals surface area contributed by atoms with Crippen molar-refractivity contribution in [3.05, 3.63) is 66.1 Å². The van der Waals surface area contributed by atoms with Gasteiger partial charge in [-0.15, -0.1) is 0 Å². The number of nitrogens with one attached hydrogen (secondary N) is 2. The number of halogens is 1. The van der Waals surface area contributed by atoms with Crippen LogP contribution < -0.4 is 10.6 Å². The number of nitrogens with zero attached hydrogens (tertiary/aromatic N) is 2. The van der Waals surface area contributed by atoms with Gasteiger partial charge in [0, 0.05) is 37.5 Å². The molecule has 6 nitrogen and oxygen atoms in total. The van der Waals surface area contributed by atoms with Gasteiger partial charge in [0.2, 0.25) is 11.8 Å². The third kappa shape index (κ3) is 6.35. The molecule has 2 aromatic carbocycles. The van der Waals surface area contributed by atoms with E-state index >= 15 is 0 Å². The van der Waals surface area contributed by atoms with Crippen molar-refractivity contribution < 1.29 is 14.0 Å². The summed E-state index contributed by atoms with van der Waals surface area (Å²) in [5.74, 6) is -0.218. The first-order valence-corrected chi connectivity index (χ1v) is 11.4. The van der Waals surface area contributed by atoms with Gasteiger partial charge in [0.05, 0.1) is 16.9 Å². The third-order valence-corrected chi connectivity index (χ3v) is 5.98. The molecule has 1 atom stereocenters. The quantitative estimate of drug-likeness (QED) is 0.536. The van der Waals surface area contributed by atoms with Crippen LogP contribution in [0.4, 0.5) is 15.8 Å². The summed E-state index contributed by atoms with van der Waals surface area (Å²) in [4.78, 5) is 30.7. The van der Waals surface area contributed by atoms with E-state index in [1.165, 1.54) is 13.0 Å². The first kappa shape index (κ1) is 22.9. The highest BCUT2D eigenvalue weighted by Crippen LogP contribution is 2.24. The molecule has 33 heavy (non-hydrogen) atoms. The Labute approximate surface area is 193 Å². The van der Waals surface area contributed by atoms with Crippen molar-refractivity contribution in [1.29, 1.82) is 0 Å². The van der Waals surface area contributed by atoms with Gasteiger partial charge in [-0.1, -0.05) is 18.2 Å². The van der Waals surface area contributed by atoms with Crippen LogP contribution in [0.25, 0.3) is 10.9 Å². The molecule has 1 aliphatic heterocycles. The van der Waals surface area contributed by atoms with Crippen molar-refractivity contribution in [2.45, 2.75) is 39.2 Å². The molecule has 2 N–H and O–H groups in total. The molecule has 1 fully saturated rings. The summed E-state index contributed by atoms with van der Waals surface area (Å²) in [6.45, 7) is 4.20. The smallest absolute Gasteiger partial charge is 0.224 e. The number of anilines is 2. The van der Waals surface area contributed by atoms with Crippen molar-refractivity contribution >= 4 is 34.1 Å². The molecule has 4 rings (SSSR count). The van der Waals surface area contributed by atoms with Gasteiger partial charge in [0.1, 0.15) is 5.82 Å². The molecule has 2 heterocycles. The van der Waals surface area contributed by atoms with E-state index in [-0.39, 0.29) is 17.5 Å². The number of carbonyl (C=O) groups excluding carboxylic acids is 2. The van der Waals surface area contributed by atoms with Gasteiger partial charge in [-0.2, -0.15) is 0 Å². The number of amides is 2. The average Bonchev–Trinajstić information content (AvgIpc) is 2.79. The Morgan fingerprint density at radius 3 is 2.79 bits per heavy atom. The van der Waals surface area contributed by atoms with E-state index < -0.39 is 5.82 Å². The molecule has 7 heteroatoms. The van der Waals surface area contributed by atoms with Crippen LogP contribution in [0.2, 0.25) is 0 Å². The highest BCUT2D eigenvalue weighted by molar-refractivity contribution is 5.92. The molecule has 0 spiro atoms. The lowest BCUT2D eigenvalue weighted by molar-refractivity contribution is -0.116. The summed E-state index contributed by atoms with van der Waals surface area (Å²) in [5.41, 5.74) is 2.91. The molecule has 1 aromatic heterocycles. The zero-order valence-electron chi connectivity index (χ0n) is 18.8. The Hall–Kier alpha value is -3.32. The molecule has 1 unspecified atom stereocenters. The van der Waals surface area contributed by atoms with Gasteiger partial charge in [0.15, 0.2) is 0 Å². The minimum absolute atomic E-state index is 0.0942. The van der Waals surface area contributed by atoms with Crippen LogP contribution in [0.15, 0.2) is 54.6 Å². The summed E-state index contributed by atoms with van der Waals surface area (Å²) >= 11 is 0. The fraction of sp³-hybridized carbons (Fsp3) is 0.346. The number of benzene rings is 2. The zero-order chi connectivity index (χ0) is 23.2. The lowest BCUT2D eigenvalue weighted by atomic mass is 9.93. The van der Waals surface area contributed by atoms with Crippen LogP contribution in [-0.2, 0) is 16.1 Å². The molecular weight excluding hydrogens is 419 g/mol. The maximum absolute atomic E-state index is 13.7. The molecule has 0 aliphatic carbocycles. The second kappa shape index (κ2) is 10.5. The standard InChI is InChI=1S/C26H29FN4O2/c1-18(32)28-21-11-12-24-20(15-21)9-10-22(29-24)17-31-14-4-5-19(16-31)8-13-26(33)30-25-7-3-2-6-23(25)27/h2-3,6-7,9-12,15,19H,4-5,8,13-14,16-17H2,1H3,(H,28,32)(H,30,33). The number of fused-ring (bicyclic) bond motifs is 1. The molecule has 0 bridgehead atoms. The van der Waals surface area contributed by atoms with Crippen LogP contribution in [-0.4, -0.2) is 34.8 Å². The van der Waals surface area contributed by atoms with Crippen molar-refractivity contribution in [3.8, 4) is 0 Å². The van der Waals surface area contributed by atoms with Gasteiger partial charge in [-0.25, -0.2) is 4.39 Å². The number of para-hydroxylation sites is 1. The average molecular weight is 449 g/mol. The second-order valence-corrected chi connectivity index (χ2v) is 8.70. The van der Waals surface area contributed by atoms with E-state index in [1.54, 1.807) is 18.2 Å². The monoisotopic (exact) mass is 448 g/mol. The van der Waals surface area contributed by atoms with E-state index in [1.807, 2.05) is 30.3 Å². The highest BCUT2D eigenvalue weighted by atomic mass is 19.1. The molecule has 172 valence electrons. The van der Waals surface area contributed by atoms with E-state index in [9.17, 15) is 14.0 Å². The largest absolute Gasteiger partial charge is 0.326 e. The first-order chi connectivity index (χ1) is 16.0. The van der Waals surface area contributed by atoms with Crippen LogP contribution >= 0.6 is 0 Å². The lowest BCUT2D eigenvalue weighted by Crippen LogP contribution is -2.35. The third-order valence-electron chi connectivity index (χ3n) is 5.98. The van der Waals surface area contributed by atoms with Crippen molar-refractivity contribution in [3.63, 3.8) is 0 Å². The molecular formula is C26H29FN4O2. The number of hydrogen-bond acceptors (Lipinski definition) is 4. The Bertz CT molecular complexity index is 1150. The lowest BCUT2D eigenvalue weighted by Gasteiger charge is -2.32. The molecule has 0 saturated carbocycles. The number of aromatic nitrogens is 1. The zero-order valence-corrected chi connectivity index (χ0v) is 18.8. The number of rotatable bonds is 7. The SMILES string of the molecule is CC(=O)Nc1ccc2nc(CN3CCCC(CCC(=O)Nc4ccccc4F)C3)ccc2c1. The molecule has 1 saturated heterocycles. The number of carbonyl (C=O) groups is 2. The fourth-order valence-corrected chi connectivity index (χ4v) is 4.41. The summed E-state index contributed by atoms with van der Waals surface area (Å²) in [7, 11) is 0. The van der Waals surface area contributed by atoms with Crippen LogP contribution in [0.3, 0.4) is 0 Å². The summed E-state index contributed by atoms with van der Waals surface area (Å²) in [6, 6.07) is 16.0. The minimum Gasteiger partial charge on any atom is -0.326 e. The number of piperidine rings is 1. The van der Waals surface area contributed by atoms with Crippen molar-refractivity contribution in [2.75, 3.05) is 23.7 Å². The minimum atomic E-state index is -0.413. The van der Waals surface area contributed by atoms with Crippen LogP contribution in [0.5, 0.6) is 0 Å². The molecule has 1 aliphatic rings. The number of hydrogen-bond donors (Lipinski definition) is 2. The van der Waals surface area contributed by atoms with Gasteiger partial charge in [-0.05, 0) is 68.1 Å². The topological polar surface area (TPSA) is 74.3 Å². The number of likely N-dealkylation sites (tertiary alicyclic amines) is 1. The first-order valence-electron chi connectivity index (χ1n) is 11.4. The van der Waals surface area contributed by atoms with Crippen LogP contribution in [0.1, 0.15) is 38.3 Å². The fourth-order valence-electron chi connectivity index (χ4n) is 4.41. The predicted molar refractivity (Wildman–Crippen MR) is 128 cm³/mol. The summed E-state index contributed by atoms with van der Waals surface area (Å²) in [6.07, 6.45) is 3.36. The Kier molecular flexibility index (Phi) is 7.29. The highest BCUT2D eigenvalue weighted by Gasteiger charge is 2.21. The maximum atomic E-state index is 13.7. The van der Waals surface area contributed by atoms with Crippen LogP contribution in [0, 0.1) is 11.7 Å². The molecule has 3 aromatic rings. The Morgan fingerprint density at radius 2 is 1.97 bits per heavy atom. The van der Waals surface area contributed by atoms with E-state index in [0.717, 1.165) is 61.2 Å². The molecule has 2 amide bonds. The van der Waals surface area contributed by atoms with Gasteiger partial charge >= 0.3 is 0 Å². The van der Waals surface area contributed by atoms with Crippen molar-refractivity contribution in [1.82, 2.24) is 9.88 Å². The normalized spacial score (nSPS) is 16.5. The van der Waals surface area contributed by atoms with E-state index in [0.29, 0.717) is 12.3 Å². The summed E-state index contributed by atoms with van der Waals surface area (Å²) < 4.78 is 13.7. The van der Waals surface area contributed by atoms with E-state index in [4.69, 9.17) is 4.98 Å². The summed E-state index contributed by atoms with van der Waals surface area (Å²) in [5, 5.41) is 6.46. The maximum Gasteiger partial charge on any atom is 0.224 e. The second-order valence-electron chi connectivity index (χ2n) is 8.70. The Morgan fingerprint density at radius 1 is 1.12 bits per heavy atom. The van der Waals surface area contributed by atoms with E-state index in [2.05, 4.69) is 15.5 Å².